The third-order valence-corrected chi connectivity index (χ3v) is 8.26. The van der Waals surface area contributed by atoms with Crippen molar-refractivity contribution in [3.8, 4) is 0 Å². The average Bonchev–Trinajstić information content (AvgIpc) is 3.28. The molecule has 0 radical (unpaired) electrons. The molecule has 0 bridgehead atoms. The second kappa shape index (κ2) is 11.3. The van der Waals surface area contributed by atoms with Crippen molar-refractivity contribution in [3.63, 3.8) is 0 Å². The Hall–Kier alpha value is -3.15. The average molecular weight is 511 g/mol. The molecule has 0 atom stereocenters. The van der Waals surface area contributed by atoms with E-state index in [4.69, 9.17) is 0 Å². The van der Waals surface area contributed by atoms with Crippen LogP contribution in [0.5, 0.6) is 0 Å². The highest BCUT2D eigenvalue weighted by molar-refractivity contribution is 7.89. The first-order valence-electron chi connectivity index (χ1n) is 12.2. The maximum Gasteiger partial charge on any atom is 0.243 e. The highest BCUT2D eigenvalue weighted by Gasteiger charge is 2.34. The second-order valence-electron chi connectivity index (χ2n) is 9.22. The fourth-order valence-corrected chi connectivity index (χ4v) is 5.79. The van der Waals surface area contributed by atoms with E-state index in [1.165, 1.54) is 0 Å². The van der Waals surface area contributed by atoms with Crippen LogP contribution in [-0.2, 0) is 16.6 Å². The number of benzene rings is 1. The third-order valence-electron chi connectivity index (χ3n) is 6.35. The van der Waals surface area contributed by atoms with Crippen molar-refractivity contribution in [2.45, 2.75) is 57.5 Å². The molecule has 0 aliphatic carbocycles. The Kier molecular flexibility index (Phi) is 8.12. The summed E-state index contributed by atoms with van der Waals surface area (Å²) in [6.45, 7) is 7.86. The van der Waals surface area contributed by atoms with Gasteiger partial charge in [0.15, 0.2) is 5.82 Å². The van der Waals surface area contributed by atoms with Gasteiger partial charge in [-0.3, -0.25) is 5.10 Å². The van der Waals surface area contributed by atoms with Crippen LogP contribution in [0.2, 0.25) is 0 Å². The number of nitrogens with one attached hydrogen (secondary N) is 2. The summed E-state index contributed by atoms with van der Waals surface area (Å²) in [7, 11) is -1.67. The molecule has 4 rings (SSSR count). The molecule has 1 aromatic carbocycles. The number of sulfonamides is 1. The van der Waals surface area contributed by atoms with Crippen LogP contribution in [0, 0.1) is 6.92 Å². The lowest BCUT2D eigenvalue weighted by Crippen LogP contribution is -2.46. The smallest absolute Gasteiger partial charge is 0.243 e. The molecule has 1 saturated heterocycles. The lowest BCUT2D eigenvalue weighted by atomic mass is 10.1. The molecule has 3 heterocycles. The van der Waals surface area contributed by atoms with Crippen molar-refractivity contribution < 1.29 is 8.42 Å². The Morgan fingerprint density at radius 3 is 2.58 bits per heavy atom. The summed E-state index contributed by atoms with van der Waals surface area (Å²) in [4.78, 5) is 15.6. The van der Waals surface area contributed by atoms with Crippen molar-refractivity contribution in [1.29, 1.82) is 0 Å². The maximum atomic E-state index is 13.8. The minimum Gasteiger partial charge on any atom is -0.324 e. The lowest BCUT2D eigenvalue weighted by Gasteiger charge is -2.36. The van der Waals surface area contributed by atoms with Crippen molar-refractivity contribution in [3.05, 3.63) is 54.0 Å². The lowest BCUT2D eigenvalue weighted by molar-refractivity contribution is 0.178. The molecule has 2 aromatic heterocycles. The Bertz CT molecular complexity index is 1300. The number of anilines is 2. The van der Waals surface area contributed by atoms with E-state index in [-0.39, 0.29) is 17.5 Å². The second-order valence-corrected chi connectivity index (χ2v) is 11.1. The van der Waals surface area contributed by atoms with Crippen molar-refractivity contribution in [1.82, 2.24) is 29.4 Å². The summed E-state index contributed by atoms with van der Waals surface area (Å²) in [5.41, 5.74) is 3.29. The minimum atomic E-state index is -3.74. The normalized spacial score (nSPS) is 16.0. The van der Waals surface area contributed by atoms with Crippen LogP contribution in [0.4, 0.5) is 17.5 Å². The van der Waals surface area contributed by atoms with Gasteiger partial charge in [0.1, 0.15) is 0 Å². The largest absolute Gasteiger partial charge is 0.324 e. The fraction of sp³-hybridized carbons (Fsp3) is 0.440. The predicted molar refractivity (Wildman–Crippen MR) is 141 cm³/mol. The van der Waals surface area contributed by atoms with Crippen LogP contribution >= 0.6 is 0 Å². The third kappa shape index (κ3) is 6.34. The SMILES string of the molecule is CCC(C)=Nc1ccnc(Nc2ccc(S(=O)(=O)N(Cc3cc(C)[nH]n3)C3CCN(C)CC3)cc2)n1. The van der Waals surface area contributed by atoms with Crippen LogP contribution in [0.3, 0.4) is 0 Å². The zero-order valence-electron chi connectivity index (χ0n) is 21.3. The van der Waals surface area contributed by atoms with Crippen molar-refractivity contribution in [2.24, 2.45) is 4.99 Å². The van der Waals surface area contributed by atoms with Gasteiger partial charge in [-0.05, 0) is 83.6 Å². The van der Waals surface area contributed by atoms with Crippen molar-refractivity contribution in [2.75, 3.05) is 25.5 Å². The molecule has 3 aromatic rings. The molecular formula is C25H34N8O2S. The summed E-state index contributed by atoms with van der Waals surface area (Å²) in [5, 5.41) is 10.3. The number of likely N-dealkylation sites (tertiary alicyclic amines) is 1. The van der Waals surface area contributed by atoms with Crippen LogP contribution < -0.4 is 5.32 Å². The summed E-state index contributed by atoms with van der Waals surface area (Å²) in [5.74, 6) is 0.978. The molecule has 36 heavy (non-hydrogen) atoms. The summed E-state index contributed by atoms with van der Waals surface area (Å²) < 4.78 is 29.2. The Balaban J connectivity index is 1.55. The molecule has 1 fully saturated rings. The van der Waals surface area contributed by atoms with Gasteiger partial charge < -0.3 is 10.2 Å². The first-order valence-corrected chi connectivity index (χ1v) is 13.6. The number of piperidine rings is 1. The first-order chi connectivity index (χ1) is 17.2. The summed E-state index contributed by atoms with van der Waals surface area (Å²) in [6.07, 6.45) is 4.06. The van der Waals surface area contributed by atoms with Crippen LogP contribution in [0.25, 0.3) is 0 Å². The first kappa shape index (κ1) is 25.9. The molecule has 0 amide bonds. The summed E-state index contributed by atoms with van der Waals surface area (Å²) >= 11 is 0. The van der Waals surface area contributed by atoms with Gasteiger partial charge in [0, 0.05) is 35.4 Å². The molecule has 2 N–H and O–H groups in total. The van der Waals surface area contributed by atoms with E-state index >= 15 is 0 Å². The fourth-order valence-electron chi connectivity index (χ4n) is 4.13. The van der Waals surface area contributed by atoms with E-state index in [1.807, 2.05) is 26.8 Å². The van der Waals surface area contributed by atoms with Gasteiger partial charge in [0.2, 0.25) is 16.0 Å². The van der Waals surface area contributed by atoms with Crippen LogP contribution in [0.15, 0.2) is 52.5 Å². The standard InChI is InChI=1S/C25H34N8O2S/c1-5-18(2)27-24-10-13-26-25(29-24)28-20-6-8-23(9-7-20)36(34,35)33(17-21-16-19(3)30-31-21)22-11-14-32(4)15-12-22/h6-10,13,16,22H,5,11-12,14-15,17H2,1-4H3,(H,30,31)(H,26,28,29). The number of aromatic amines is 1. The number of aromatic nitrogens is 4. The van der Waals surface area contributed by atoms with Gasteiger partial charge in [-0.1, -0.05) is 6.92 Å². The van der Waals surface area contributed by atoms with E-state index in [2.05, 4.69) is 42.4 Å². The number of aliphatic imine (C=N–C) groups is 1. The quantitative estimate of drug-likeness (QED) is 0.417. The maximum absolute atomic E-state index is 13.8. The van der Waals surface area contributed by atoms with Gasteiger partial charge in [-0.2, -0.15) is 14.4 Å². The molecule has 192 valence electrons. The molecule has 0 saturated carbocycles. The number of H-pyrrole nitrogens is 1. The number of aryl methyl sites for hydroxylation is 1. The predicted octanol–water partition coefficient (Wildman–Crippen LogP) is 4.04. The molecule has 11 heteroatoms. The zero-order valence-corrected chi connectivity index (χ0v) is 22.1. The Morgan fingerprint density at radius 2 is 1.94 bits per heavy atom. The van der Waals surface area contributed by atoms with Gasteiger partial charge in [0.05, 0.1) is 17.1 Å². The van der Waals surface area contributed by atoms with Gasteiger partial charge in [0.25, 0.3) is 0 Å². The number of nitrogens with zero attached hydrogens (tertiary/aromatic N) is 6. The van der Waals surface area contributed by atoms with Crippen LogP contribution in [0.1, 0.15) is 44.5 Å². The number of hydrogen-bond donors (Lipinski definition) is 2. The number of hydrogen-bond acceptors (Lipinski definition) is 8. The molecule has 1 aliphatic heterocycles. The highest BCUT2D eigenvalue weighted by atomic mass is 32.2. The number of rotatable bonds is 9. The minimum absolute atomic E-state index is 0.0794. The van der Waals surface area contributed by atoms with Gasteiger partial charge >= 0.3 is 0 Å². The Labute approximate surface area is 212 Å². The van der Waals surface area contributed by atoms with E-state index in [0.717, 1.165) is 43.8 Å². The van der Waals surface area contributed by atoms with Gasteiger partial charge in [-0.15, -0.1) is 0 Å². The monoisotopic (exact) mass is 510 g/mol. The van der Waals surface area contributed by atoms with E-state index < -0.39 is 10.0 Å². The Morgan fingerprint density at radius 1 is 1.22 bits per heavy atom. The molecule has 0 unspecified atom stereocenters. The van der Waals surface area contributed by atoms with E-state index in [1.54, 1.807) is 40.8 Å². The summed E-state index contributed by atoms with van der Waals surface area (Å²) in [6, 6.07) is 10.3. The van der Waals surface area contributed by atoms with E-state index in [0.29, 0.717) is 23.1 Å². The molecule has 10 nitrogen and oxygen atoms in total. The topological polar surface area (TPSA) is 119 Å². The van der Waals surface area contributed by atoms with Crippen molar-refractivity contribution >= 4 is 33.2 Å². The molecular weight excluding hydrogens is 476 g/mol. The highest BCUT2D eigenvalue weighted by Crippen LogP contribution is 2.27. The van der Waals surface area contributed by atoms with Gasteiger partial charge in [-0.25, -0.2) is 18.4 Å². The molecule has 1 aliphatic rings. The zero-order chi connectivity index (χ0) is 25.7. The van der Waals surface area contributed by atoms with E-state index in [9.17, 15) is 8.42 Å². The molecule has 0 spiro atoms. The van der Waals surface area contributed by atoms with Crippen LogP contribution in [-0.4, -0.2) is 69.7 Å².